The number of rotatable bonds is 6. The Bertz CT molecular complexity index is 1340. The second kappa shape index (κ2) is 9.11. The van der Waals surface area contributed by atoms with Gasteiger partial charge in [-0.25, -0.2) is 4.79 Å². The molecule has 1 aromatic heterocycles. The standard InChI is InChI=1S/C25H19BrN2O4/c1-28-21-8-4-2-6-17(21)15-22(28)24(29)27-20(25(30)31)14-16-10-12-18(13-11-16)32-23-9-5-3-7-19(23)26/h2-15H,1H3,(H,27,29)(H,30,31)/b20-14-. The summed E-state index contributed by atoms with van der Waals surface area (Å²) >= 11 is 3.43. The maximum absolute atomic E-state index is 12.8. The summed E-state index contributed by atoms with van der Waals surface area (Å²) < 4.78 is 8.39. The van der Waals surface area contributed by atoms with E-state index in [1.54, 1.807) is 41.9 Å². The number of benzene rings is 3. The highest BCUT2D eigenvalue weighted by atomic mass is 79.9. The first-order valence-corrected chi connectivity index (χ1v) is 10.5. The van der Waals surface area contributed by atoms with Gasteiger partial charge >= 0.3 is 5.97 Å². The van der Waals surface area contributed by atoms with Crippen molar-refractivity contribution < 1.29 is 19.4 Å². The normalized spacial score (nSPS) is 11.4. The minimum Gasteiger partial charge on any atom is -0.477 e. The van der Waals surface area contributed by atoms with E-state index >= 15 is 0 Å². The summed E-state index contributed by atoms with van der Waals surface area (Å²) in [4.78, 5) is 24.5. The molecule has 32 heavy (non-hydrogen) atoms. The van der Waals surface area contributed by atoms with E-state index in [2.05, 4.69) is 21.2 Å². The summed E-state index contributed by atoms with van der Waals surface area (Å²) in [6.45, 7) is 0. The monoisotopic (exact) mass is 490 g/mol. The van der Waals surface area contributed by atoms with Crippen molar-refractivity contribution in [2.75, 3.05) is 0 Å². The van der Waals surface area contributed by atoms with Crippen LogP contribution in [0.4, 0.5) is 0 Å². The Morgan fingerprint density at radius 2 is 1.69 bits per heavy atom. The Morgan fingerprint density at radius 3 is 2.38 bits per heavy atom. The molecule has 4 aromatic rings. The topological polar surface area (TPSA) is 80.6 Å². The molecule has 3 aromatic carbocycles. The van der Waals surface area contributed by atoms with E-state index in [0.717, 1.165) is 15.4 Å². The lowest BCUT2D eigenvalue weighted by Gasteiger charge is -2.09. The molecule has 2 N–H and O–H groups in total. The van der Waals surface area contributed by atoms with E-state index < -0.39 is 11.9 Å². The Morgan fingerprint density at radius 1 is 1.00 bits per heavy atom. The number of carbonyl (C=O) groups excluding carboxylic acids is 1. The number of ether oxygens (including phenoxy) is 1. The third kappa shape index (κ3) is 4.58. The van der Waals surface area contributed by atoms with Gasteiger partial charge in [0.05, 0.1) is 4.47 Å². The number of amides is 1. The smallest absolute Gasteiger partial charge is 0.352 e. The Balaban J connectivity index is 1.54. The van der Waals surface area contributed by atoms with Gasteiger partial charge in [-0.2, -0.15) is 0 Å². The molecule has 0 atom stereocenters. The van der Waals surface area contributed by atoms with Gasteiger partial charge in [0, 0.05) is 18.0 Å². The molecule has 0 aliphatic heterocycles. The molecule has 0 unspecified atom stereocenters. The summed E-state index contributed by atoms with van der Waals surface area (Å²) in [7, 11) is 1.77. The molecule has 0 saturated heterocycles. The molecule has 0 fully saturated rings. The molecule has 1 heterocycles. The van der Waals surface area contributed by atoms with Crippen molar-refractivity contribution >= 4 is 44.8 Å². The van der Waals surface area contributed by atoms with Crippen LogP contribution in [0.3, 0.4) is 0 Å². The van der Waals surface area contributed by atoms with Crippen molar-refractivity contribution in [2.24, 2.45) is 7.05 Å². The number of hydrogen-bond donors (Lipinski definition) is 2. The lowest BCUT2D eigenvalue weighted by atomic mass is 10.2. The summed E-state index contributed by atoms with van der Waals surface area (Å²) in [6, 6.07) is 23.7. The van der Waals surface area contributed by atoms with Crippen molar-refractivity contribution in [1.29, 1.82) is 0 Å². The highest BCUT2D eigenvalue weighted by Crippen LogP contribution is 2.29. The molecule has 160 valence electrons. The third-order valence-corrected chi connectivity index (χ3v) is 5.57. The van der Waals surface area contributed by atoms with Gasteiger partial charge in [-0.1, -0.05) is 42.5 Å². The summed E-state index contributed by atoms with van der Waals surface area (Å²) in [5, 5.41) is 13.0. The fourth-order valence-corrected chi connectivity index (χ4v) is 3.66. The number of halogens is 1. The lowest BCUT2D eigenvalue weighted by molar-refractivity contribution is -0.132. The van der Waals surface area contributed by atoms with Crippen molar-refractivity contribution in [1.82, 2.24) is 9.88 Å². The molecular weight excluding hydrogens is 472 g/mol. The van der Waals surface area contributed by atoms with Crippen molar-refractivity contribution in [3.63, 3.8) is 0 Å². The molecule has 1 amide bonds. The predicted molar refractivity (Wildman–Crippen MR) is 127 cm³/mol. The molecule has 0 aliphatic carbocycles. The average Bonchev–Trinajstić information content (AvgIpc) is 3.13. The number of carboxylic acids is 1. The van der Waals surface area contributed by atoms with Crippen LogP contribution in [0.25, 0.3) is 17.0 Å². The molecular formula is C25H19BrN2O4. The Kier molecular flexibility index (Phi) is 6.09. The zero-order valence-corrected chi connectivity index (χ0v) is 18.7. The Labute approximate surface area is 192 Å². The number of aromatic nitrogens is 1. The molecule has 0 spiro atoms. The van der Waals surface area contributed by atoms with Crippen LogP contribution in [-0.2, 0) is 11.8 Å². The van der Waals surface area contributed by atoms with Gasteiger partial charge in [-0.15, -0.1) is 0 Å². The zero-order chi connectivity index (χ0) is 22.7. The summed E-state index contributed by atoms with van der Waals surface area (Å²) in [6.07, 6.45) is 1.41. The number of aliphatic carboxylic acids is 1. The van der Waals surface area contributed by atoms with Gasteiger partial charge in [0.15, 0.2) is 0 Å². The lowest BCUT2D eigenvalue weighted by Crippen LogP contribution is -2.28. The van der Waals surface area contributed by atoms with Crippen LogP contribution >= 0.6 is 15.9 Å². The van der Waals surface area contributed by atoms with E-state index in [-0.39, 0.29) is 5.70 Å². The maximum atomic E-state index is 12.8. The molecule has 6 nitrogen and oxygen atoms in total. The third-order valence-electron chi connectivity index (χ3n) is 4.92. The molecule has 0 aliphatic rings. The van der Waals surface area contributed by atoms with E-state index in [1.807, 2.05) is 48.5 Å². The van der Waals surface area contributed by atoms with Gasteiger partial charge in [-0.3, -0.25) is 4.79 Å². The van der Waals surface area contributed by atoms with Crippen LogP contribution in [0.1, 0.15) is 16.1 Å². The molecule has 7 heteroatoms. The first-order chi connectivity index (χ1) is 15.4. The summed E-state index contributed by atoms with van der Waals surface area (Å²) in [5.74, 6) is -0.452. The van der Waals surface area contributed by atoms with E-state index in [0.29, 0.717) is 22.8 Å². The van der Waals surface area contributed by atoms with Crippen molar-refractivity contribution in [3.05, 3.63) is 100 Å². The molecule has 0 saturated carbocycles. The number of carbonyl (C=O) groups is 2. The summed E-state index contributed by atoms with van der Waals surface area (Å²) in [5.41, 5.74) is 1.65. The first kappa shape index (κ1) is 21.4. The van der Waals surface area contributed by atoms with Gasteiger partial charge in [0.1, 0.15) is 22.9 Å². The number of hydrogen-bond acceptors (Lipinski definition) is 3. The van der Waals surface area contributed by atoms with E-state index in [9.17, 15) is 14.7 Å². The molecule has 0 bridgehead atoms. The van der Waals surface area contributed by atoms with Gasteiger partial charge in [-0.05, 0) is 64.0 Å². The fourth-order valence-electron chi connectivity index (χ4n) is 3.30. The minimum absolute atomic E-state index is 0.222. The van der Waals surface area contributed by atoms with Crippen LogP contribution in [0.2, 0.25) is 0 Å². The Hall–Kier alpha value is -3.84. The maximum Gasteiger partial charge on any atom is 0.352 e. The van der Waals surface area contributed by atoms with Gasteiger partial charge < -0.3 is 19.7 Å². The van der Waals surface area contributed by atoms with E-state index in [4.69, 9.17) is 4.74 Å². The highest BCUT2D eigenvalue weighted by Gasteiger charge is 2.17. The van der Waals surface area contributed by atoms with Crippen LogP contribution in [-0.4, -0.2) is 21.6 Å². The van der Waals surface area contributed by atoms with Gasteiger partial charge in [0.25, 0.3) is 5.91 Å². The number of nitrogens with zero attached hydrogens (tertiary/aromatic N) is 1. The predicted octanol–water partition coefficient (Wildman–Crippen LogP) is 5.59. The molecule has 4 rings (SSSR count). The van der Waals surface area contributed by atoms with Crippen LogP contribution in [0.5, 0.6) is 11.5 Å². The fraction of sp³-hybridized carbons (Fsp3) is 0.0400. The average molecular weight is 491 g/mol. The second-order valence-electron chi connectivity index (χ2n) is 7.07. The number of para-hydroxylation sites is 2. The number of aryl methyl sites for hydroxylation is 1. The zero-order valence-electron chi connectivity index (χ0n) is 17.1. The highest BCUT2D eigenvalue weighted by molar-refractivity contribution is 9.10. The van der Waals surface area contributed by atoms with Crippen molar-refractivity contribution in [2.45, 2.75) is 0 Å². The quantitative estimate of drug-likeness (QED) is 0.345. The van der Waals surface area contributed by atoms with Crippen LogP contribution < -0.4 is 10.1 Å². The van der Waals surface area contributed by atoms with E-state index in [1.165, 1.54) is 6.08 Å². The van der Waals surface area contributed by atoms with Crippen LogP contribution in [0, 0.1) is 0 Å². The number of nitrogens with one attached hydrogen (secondary N) is 1. The first-order valence-electron chi connectivity index (χ1n) is 9.75. The number of carboxylic acid groups (broad SMARTS) is 1. The van der Waals surface area contributed by atoms with Crippen LogP contribution in [0.15, 0.2) is 89.0 Å². The van der Waals surface area contributed by atoms with Gasteiger partial charge in [0.2, 0.25) is 0 Å². The van der Waals surface area contributed by atoms with Crippen molar-refractivity contribution in [3.8, 4) is 11.5 Å². The molecule has 0 radical (unpaired) electrons. The largest absolute Gasteiger partial charge is 0.477 e. The minimum atomic E-state index is -1.23. The SMILES string of the molecule is Cn1c(C(=O)N/C(=C\c2ccc(Oc3ccccc3Br)cc2)C(=O)O)cc2ccccc21. The number of fused-ring (bicyclic) bond motifs is 1. The second-order valence-corrected chi connectivity index (χ2v) is 7.92.